The first kappa shape index (κ1) is 44.4. The van der Waals surface area contributed by atoms with Crippen LogP contribution in [0.25, 0.3) is 132 Å². The summed E-state index contributed by atoms with van der Waals surface area (Å²) < 4.78 is 51.7. The Morgan fingerprint density at radius 3 is 1.18 bits per heavy atom. The molecule has 15 rings (SSSR count). The molecule has 11 aromatic carbocycles. The summed E-state index contributed by atoms with van der Waals surface area (Å²) in [5.41, 5.74) is 15.5. The average Bonchev–Trinajstić information content (AvgIpc) is 4.29. The summed E-state index contributed by atoms with van der Waals surface area (Å²) in [7, 11) is 0. The highest BCUT2D eigenvalue weighted by atomic mass is 19.4. The SMILES string of the molecule is Cc1cc(C(F)(F)F)ccc1-c1ccc(-n2c3ccccc3c3cc(-n4c5ccccc5c5ccccc54)ccc32)c(-c2ccc(C#N)cc2-n2c3ccccc3c3cc(-n4c5ccccc5c5ccccc54)ccc32)c1. The smallest absolute Gasteiger partial charge is 0.309 e. The van der Waals surface area contributed by atoms with Gasteiger partial charge in [-0.15, -0.1) is 0 Å². The van der Waals surface area contributed by atoms with Crippen molar-refractivity contribution in [1.29, 1.82) is 5.26 Å². The lowest BCUT2D eigenvalue weighted by Crippen LogP contribution is -2.05. The lowest BCUT2D eigenvalue weighted by molar-refractivity contribution is -0.137. The largest absolute Gasteiger partial charge is 0.416 e. The van der Waals surface area contributed by atoms with Gasteiger partial charge < -0.3 is 18.3 Å². The summed E-state index contributed by atoms with van der Waals surface area (Å²) >= 11 is 0. The predicted molar refractivity (Wildman–Crippen MR) is 309 cm³/mol. The third kappa shape index (κ3) is 6.67. The van der Waals surface area contributed by atoms with E-state index >= 15 is 0 Å². The van der Waals surface area contributed by atoms with E-state index in [1.165, 1.54) is 27.6 Å². The number of aryl methyl sites for hydroxylation is 1. The first-order valence-corrected chi connectivity index (χ1v) is 25.6. The van der Waals surface area contributed by atoms with Crippen LogP contribution < -0.4 is 0 Å². The van der Waals surface area contributed by atoms with E-state index in [9.17, 15) is 18.4 Å². The Bertz CT molecular complexity index is 4910. The Morgan fingerprint density at radius 2 is 0.740 bits per heavy atom. The van der Waals surface area contributed by atoms with Gasteiger partial charge >= 0.3 is 6.18 Å². The van der Waals surface area contributed by atoms with Crippen LogP contribution in [-0.2, 0) is 6.18 Å². The number of rotatable bonds is 6. The van der Waals surface area contributed by atoms with Crippen LogP contribution in [0.15, 0.2) is 237 Å². The van der Waals surface area contributed by atoms with Crippen LogP contribution in [0.1, 0.15) is 16.7 Å². The minimum Gasteiger partial charge on any atom is -0.309 e. The molecule has 5 nitrogen and oxygen atoms in total. The predicted octanol–water partition coefficient (Wildman–Crippen LogP) is 18.6. The number of halogens is 3. The monoisotopic (exact) mass is 997 g/mol. The second kappa shape index (κ2) is 16.7. The standard InChI is InChI=1S/C69H42F3N5/c1-42-36-45(69(70,71)72)28-32-48(42)44-27-33-65(76-63-24-12-6-18-53(63)57-39-46(29-34-66(57)76)74-59-20-8-2-14-49(59)50-15-3-9-21-60(50)74)56(38-44)55-31-26-43(41-73)37-68(55)77-64-25-13-7-19-54(64)58-40-47(30-35-67(58)77)75-61-22-10-4-16-51(61)52-17-5-11-23-62(52)75/h2-40H,1H3. The van der Waals surface area contributed by atoms with Crippen LogP contribution in [-0.4, -0.2) is 18.3 Å². The van der Waals surface area contributed by atoms with Crippen LogP contribution in [0.5, 0.6) is 0 Å². The summed E-state index contributed by atoms with van der Waals surface area (Å²) in [6.45, 7) is 1.73. The number of benzene rings is 11. The topological polar surface area (TPSA) is 43.5 Å². The fourth-order valence-electron chi connectivity index (χ4n) is 12.4. The lowest BCUT2D eigenvalue weighted by Gasteiger charge is -2.21. The van der Waals surface area contributed by atoms with Crippen LogP contribution in [0.3, 0.4) is 0 Å². The van der Waals surface area contributed by atoms with Gasteiger partial charge in [-0.2, -0.15) is 18.4 Å². The van der Waals surface area contributed by atoms with Gasteiger partial charge in [0.2, 0.25) is 0 Å². The molecular weight excluding hydrogens is 956 g/mol. The summed E-state index contributed by atoms with van der Waals surface area (Å²) in [5.74, 6) is 0. The van der Waals surface area contributed by atoms with Crippen molar-refractivity contribution in [3.63, 3.8) is 0 Å². The Labute approximate surface area is 439 Å². The van der Waals surface area contributed by atoms with Gasteiger partial charge in [-0.1, -0.05) is 127 Å². The Kier molecular flexibility index (Phi) is 9.63. The molecule has 0 aliphatic heterocycles. The van der Waals surface area contributed by atoms with Crippen molar-refractivity contribution in [1.82, 2.24) is 18.3 Å². The molecule has 77 heavy (non-hydrogen) atoms. The van der Waals surface area contributed by atoms with Crippen molar-refractivity contribution >= 4 is 87.2 Å². The Morgan fingerprint density at radius 1 is 0.338 bits per heavy atom. The van der Waals surface area contributed by atoms with E-state index in [0.717, 1.165) is 111 Å². The molecule has 0 atom stereocenters. The maximum Gasteiger partial charge on any atom is 0.416 e. The van der Waals surface area contributed by atoms with Crippen molar-refractivity contribution in [2.45, 2.75) is 13.1 Å². The summed E-state index contributed by atoms with van der Waals surface area (Å²) in [4.78, 5) is 0. The van der Waals surface area contributed by atoms with E-state index in [-0.39, 0.29) is 0 Å². The van der Waals surface area contributed by atoms with E-state index in [4.69, 9.17) is 0 Å². The normalized spacial score (nSPS) is 12.1. The highest BCUT2D eigenvalue weighted by molar-refractivity contribution is 6.15. The molecule has 4 aromatic heterocycles. The molecule has 0 unspecified atom stereocenters. The first-order chi connectivity index (χ1) is 37.7. The molecule has 0 spiro atoms. The van der Waals surface area contributed by atoms with Gasteiger partial charge in [0.25, 0.3) is 0 Å². The summed E-state index contributed by atoms with van der Waals surface area (Å²) in [6.07, 6.45) is -4.49. The third-order valence-corrected chi connectivity index (χ3v) is 15.7. The van der Waals surface area contributed by atoms with Gasteiger partial charge in [0.15, 0.2) is 0 Å². The number of fused-ring (bicyclic) bond motifs is 12. The minimum atomic E-state index is -4.49. The number of hydrogen-bond acceptors (Lipinski definition) is 1. The van der Waals surface area contributed by atoms with Crippen LogP contribution >= 0.6 is 0 Å². The maximum absolute atomic E-state index is 14.1. The molecule has 0 fully saturated rings. The molecule has 0 bridgehead atoms. The Balaban J connectivity index is 0.997. The first-order valence-electron chi connectivity index (χ1n) is 25.6. The molecule has 0 saturated carbocycles. The Hall–Kier alpha value is -10.1. The fourth-order valence-corrected chi connectivity index (χ4v) is 12.4. The zero-order chi connectivity index (χ0) is 51.7. The van der Waals surface area contributed by atoms with E-state index in [0.29, 0.717) is 16.7 Å². The minimum absolute atomic E-state index is 0.488. The lowest BCUT2D eigenvalue weighted by atomic mass is 9.92. The molecule has 364 valence electrons. The fraction of sp³-hybridized carbons (Fsp3) is 0.0290. The molecule has 0 aliphatic carbocycles. The number of aromatic nitrogens is 4. The molecule has 0 radical (unpaired) electrons. The molecule has 4 heterocycles. The second-order valence-electron chi connectivity index (χ2n) is 20.0. The zero-order valence-corrected chi connectivity index (χ0v) is 41.4. The quantitative estimate of drug-likeness (QED) is 0.164. The van der Waals surface area contributed by atoms with Gasteiger partial charge in [0.05, 0.1) is 72.7 Å². The molecule has 0 N–H and O–H groups in total. The maximum atomic E-state index is 14.1. The summed E-state index contributed by atoms with van der Waals surface area (Å²) in [6, 6.07) is 82.7. The average molecular weight is 998 g/mol. The van der Waals surface area contributed by atoms with Crippen molar-refractivity contribution in [3.8, 4) is 51.1 Å². The van der Waals surface area contributed by atoms with Gasteiger partial charge in [-0.25, -0.2) is 0 Å². The highest BCUT2D eigenvalue weighted by Gasteiger charge is 2.31. The zero-order valence-electron chi connectivity index (χ0n) is 41.4. The number of alkyl halides is 3. The van der Waals surface area contributed by atoms with Crippen molar-refractivity contribution in [2.24, 2.45) is 0 Å². The molecule has 0 saturated heterocycles. The van der Waals surface area contributed by atoms with E-state index in [2.05, 4.69) is 212 Å². The van der Waals surface area contributed by atoms with E-state index in [1.54, 1.807) is 13.0 Å². The van der Waals surface area contributed by atoms with Gasteiger partial charge in [-0.05, 0) is 133 Å². The second-order valence-corrected chi connectivity index (χ2v) is 20.0. The van der Waals surface area contributed by atoms with E-state index < -0.39 is 11.7 Å². The number of para-hydroxylation sites is 6. The van der Waals surface area contributed by atoms with Gasteiger partial charge in [0, 0.05) is 65.6 Å². The van der Waals surface area contributed by atoms with Crippen LogP contribution in [0, 0.1) is 18.3 Å². The molecule has 0 aliphatic rings. The van der Waals surface area contributed by atoms with Gasteiger partial charge in [0.1, 0.15) is 0 Å². The van der Waals surface area contributed by atoms with E-state index in [1.807, 2.05) is 30.3 Å². The number of nitriles is 1. The molecule has 15 aromatic rings. The molecule has 0 amide bonds. The molecule has 8 heteroatoms. The molecular formula is C69H42F3N5. The van der Waals surface area contributed by atoms with Gasteiger partial charge in [-0.3, -0.25) is 0 Å². The van der Waals surface area contributed by atoms with Crippen molar-refractivity contribution in [2.75, 3.05) is 0 Å². The van der Waals surface area contributed by atoms with Crippen molar-refractivity contribution in [3.05, 3.63) is 253 Å². The summed E-state index contributed by atoms with van der Waals surface area (Å²) in [5, 5.41) is 19.6. The number of nitrogens with zero attached hydrogens (tertiary/aromatic N) is 5. The van der Waals surface area contributed by atoms with Crippen molar-refractivity contribution < 1.29 is 13.2 Å². The third-order valence-electron chi connectivity index (χ3n) is 15.7. The van der Waals surface area contributed by atoms with Crippen LogP contribution in [0.2, 0.25) is 0 Å². The van der Waals surface area contributed by atoms with Crippen LogP contribution in [0.4, 0.5) is 13.2 Å². The number of hydrogen-bond donors (Lipinski definition) is 0. The highest BCUT2D eigenvalue weighted by Crippen LogP contribution is 2.45.